The Balaban J connectivity index is 1.84. The summed E-state index contributed by atoms with van der Waals surface area (Å²) in [5, 5.41) is 2.67. The van der Waals surface area contributed by atoms with Gasteiger partial charge in [0.05, 0.1) is 17.6 Å². The Hall–Kier alpha value is -2.89. The zero-order chi connectivity index (χ0) is 16.4. The lowest BCUT2D eigenvalue weighted by atomic mass is 10.2. The SMILES string of the molecule is CC(C)(C)OC(=O)Nc1cnc2nc(-c3ccccc3)cn2c1. The number of ether oxygens (including phenoxy) is 1. The minimum Gasteiger partial charge on any atom is -0.444 e. The fraction of sp³-hybridized carbons (Fsp3) is 0.235. The molecule has 0 aliphatic heterocycles. The lowest BCUT2D eigenvalue weighted by molar-refractivity contribution is 0.0636. The second-order valence-corrected chi connectivity index (χ2v) is 6.17. The van der Waals surface area contributed by atoms with Crippen LogP contribution in [0.5, 0.6) is 0 Å². The molecule has 0 saturated heterocycles. The van der Waals surface area contributed by atoms with Gasteiger partial charge in [0.15, 0.2) is 0 Å². The van der Waals surface area contributed by atoms with Crippen molar-refractivity contribution in [3.05, 3.63) is 48.9 Å². The van der Waals surface area contributed by atoms with E-state index in [4.69, 9.17) is 4.74 Å². The number of nitrogens with zero attached hydrogens (tertiary/aromatic N) is 3. The maximum absolute atomic E-state index is 11.8. The molecular formula is C17H18N4O2. The molecule has 3 rings (SSSR count). The third-order valence-electron chi connectivity index (χ3n) is 3.02. The average Bonchev–Trinajstić information content (AvgIpc) is 2.89. The Labute approximate surface area is 134 Å². The topological polar surface area (TPSA) is 68.5 Å². The number of fused-ring (bicyclic) bond motifs is 1. The minimum atomic E-state index is -0.545. The Kier molecular flexibility index (Phi) is 3.73. The highest BCUT2D eigenvalue weighted by Crippen LogP contribution is 2.19. The Morgan fingerprint density at radius 1 is 1.17 bits per heavy atom. The first-order chi connectivity index (χ1) is 10.9. The number of nitrogens with one attached hydrogen (secondary N) is 1. The number of carbonyl (C=O) groups is 1. The molecule has 118 valence electrons. The summed E-state index contributed by atoms with van der Waals surface area (Å²) in [7, 11) is 0. The van der Waals surface area contributed by atoms with E-state index in [1.54, 1.807) is 16.8 Å². The summed E-state index contributed by atoms with van der Waals surface area (Å²) in [4.78, 5) is 20.5. The van der Waals surface area contributed by atoms with Gasteiger partial charge in [0.25, 0.3) is 0 Å². The molecule has 0 atom stereocenters. The average molecular weight is 310 g/mol. The van der Waals surface area contributed by atoms with E-state index in [0.29, 0.717) is 11.5 Å². The van der Waals surface area contributed by atoms with Crippen molar-refractivity contribution >= 4 is 17.6 Å². The fourth-order valence-electron chi connectivity index (χ4n) is 2.12. The van der Waals surface area contributed by atoms with Crippen molar-refractivity contribution < 1.29 is 9.53 Å². The number of hydrogen-bond acceptors (Lipinski definition) is 4. The maximum atomic E-state index is 11.8. The molecule has 0 radical (unpaired) electrons. The van der Waals surface area contributed by atoms with E-state index < -0.39 is 11.7 Å². The third kappa shape index (κ3) is 3.66. The first-order valence-electron chi connectivity index (χ1n) is 7.31. The second-order valence-electron chi connectivity index (χ2n) is 6.17. The zero-order valence-corrected chi connectivity index (χ0v) is 13.3. The summed E-state index contributed by atoms with van der Waals surface area (Å²) in [6, 6.07) is 9.86. The summed E-state index contributed by atoms with van der Waals surface area (Å²) in [5.74, 6) is 0.568. The number of aromatic nitrogens is 3. The van der Waals surface area contributed by atoms with Gasteiger partial charge in [0.1, 0.15) is 5.60 Å². The first-order valence-corrected chi connectivity index (χ1v) is 7.31. The number of carbonyl (C=O) groups excluding carboxylic acids is 1. The molecule has 0 fully saturated rings. The van der Waals surface area contributed by atoms with Gasteiger partial charge in [-0.3, -0.25) is 9.72 Å². The number of rotatable bonds is 2. The van der Waals surface area contributed by atoms with Crippen molar-refractivity contribution in [1.29, 1.82) is 0 Å². The molecule has 3 aromatic rings. The third-order valence-corrected chi connectivity index (χ3v) is 3.02. The molecule has 0 saturated carbocycles. The Morgan fingerprint density at radius 3 is 2.61 bits per heavy atom. The van der Waals surface area contributed by atoms with Crippen LogP contribution in [-0.2, 0) is 4.74 Å². The van der Waals surface area contributed by atoms with Crippen LogP contribution in [0.25, 0.3) is 17.0 Å². The van der Waals surface area contributed by atoms with Crippen molar-refractivity contribution in [3.8, 4) is 11.3 Å². The maximum Gasteiger partial charge on any atom is 0.412 e. The van der Waals surface area contributed by atoms with Crippen LogP contribution in [0, 0.1) is 0 Å². The van der Waals surface area contributed by atoms with Gasteiger partial charge >= 0.3 is 6.09 Å². The Morgan fingerprint density at radius 2 is 1.91 bits per heavy atom. The van der Waals surface area contributed by atoms with Gasteiger partial charge in [-0.05, 0) is 20.8 Å². The second kappa shape index (κ2) is 5.72. The molecule has 1 N–H and O–H groups in total. The van der Waals surface area contributed by atoms with Gasteiger partial charge in [-0.25, -0.2) is 14.8 Å². The highest BCUT2D eigenvalue weighted by molar-refractivity contribution is 5.84. The van der Waals surface area contributed by atoms with E-state index in [1.807, 2.05) is 57.3 Å². The van der Waals surface area contributed by atoms with Crippen molar-refractivity contribution in [1.82, 2.24) is 14.4 Å². The van der Waals surface area contributed by atoms with Crippen LogP contribution in [0.15, 0.2) is 48.9 Å². The molecule has 0 spiro atoms. The lowest BCUT2D eigenvalue weighted by Gasteiger charge is -2.19. The summed E-state index contributed by atoms with van der Waals surface area (Å²) in [5.41, 5.74) is 1.84. The molecule has 0 aliphatic carbocycles. The molecule has 2 aromatic heterocycles. The van der Waals surface area contributed by atoms with Gasteiger partial charge < -0.3 is 4.74 Å². The predicted molar refractivity (Wildman–Crippen MR) is 88.3 cm³/mol. The number of amides is 1. The fourth-order valence-corrected chi connectivity index (χ4v) is 2.12. The van der Waals surface area contributed by atoms with Gasteiger partial charge in [0.2, 0.25) is 5.78 Å². The minimum absolute atomic E-state index is 0.512. The molecular weight excluding hydrogens is 292 g/mol. The van der Waals surface area contributed by atoms with Gasteiger partial charge in [-0.1, -0.05) is 30.3 Å². The highest BCUT2D eigenvalue weighted by Gasteiger charge is 2.16. The normalized spacial score (nSPS) is 11.4. The van der Waals surface area contributed by atoms with E-state index >= 15 is 0 Å². The molecule has 1 amide bonds. The van der Waals surface area contributed by atoms with Crippen molar-refractivity contribution in [2.75, 3.05) is 5.32 Å². The largest absolute Gasteiger partial charge is 0.444 e. The first kappa shape index (κ1) is 15.0. The van der Waals surface area contributed by atoms with Crippen LogP contribution in [-0.4, -0.2) is 26.1 Å². The summed E-state index contributed by atoms with van der Waals surface area (Å²) in [6.07, 6.45) is 4.67. The molecule has 23 heavy (non-hydrogen) atoms. The van der Waals surface area contributed by atoms with Crippen molar-refractivity contribution in [2.24, 2.45) is 0 Å². The molecule has 1 aromatic carbocycles. The highest BCUT2D eigenvalue weighted by atomic mass is 16.6. The van der Waals surface area contributed by atoms with E-state index in [0.717, 1.165) is 11.3 Å². The quantitative estimate of drug-likeness (QED) is 0.783. The lowest BCUT2D eigenvalue weighted by Crippen LogP contribution is -2.27. The van der Waals surface area contributed by atoms with Crippen LogP contribution < -0.4 is 5.32 Å². The van der Waals surface area contributed by atoms with Crippen molar-refractivity contribution in [2.45, 2.75) is 26.4 Å². The van der Waals surface area contributed by atoms with E-state index in [2.05, 4.69) is 15.3 Å². The smallest absolute Gasteiger partial charge is 0.412 e. The van der Waals surface area contributed by atoms with Crippen LogP contribution in [0.1, 0.15) is 20.8 Å². The van der Waals surface area contributed by atoms with Crippen LogP contribution >= 0.6 is 0 Å². The molecule has 2 heterocycles. The monoisotopic (exact) mass is 310 g/mol. The standard InChI is InChI=1S/C17H18N4O2/c1-17(2,3)23-16(22)19-13-9-18-15-20-14(11-21(15)10-13)12-7-5-4-6-8-12/h4-11H,1-3H3,(H,19,22). The molecule has 0 aliphatic rings. The number of benzene rings is 1. The molecule has 0 unspecified atom stereocenters. The predicted octanol–water partition coefficient (Wildman–Crippen LogP) is 3.74. The number of hydrogen-bond donors (Lipinski definition) is 1. The van der Waals surface area contributed by atoms with Crippen LogP contribution in [0.2, 0.25) is 0 Å². The van der Waals surface area contributed by atoms with E-state index in [1.165, 1.54) is 0 Å². The van der Waals surface area contributed by atoms with E-state index in [-0.39, 0.29) is 0 Å². The number of imidazole rings is 1. The van der Waals surface area contributed by atoms with Crippen LogP contribution in [0.3, 0.4) is 0 Å². The number of anilines is 1. The summed E-state index contributed by atoms with van der Waals surface area (Å²) >= 11 is 0. The van der Waals surface area contributed by atoms with Gasteiger partial charge in [-0.15, -0.1) is 0 Å². The summed E-state index contributed by atoms with van der Waals surface area (Å²) in [6.45, 7) is 5.45. The molecule has 6 nitrogen and oxygen atoms in total. The summed E-state index contributed by atoms with van der Waals surface area (Å²) < 4.78 is 7.00. The van der Waals surface area contributed by atoms with Gasteiger partial charge in [0, 0.05) is 18.0 Å². The zero-order valence-electron chi connectivity index (χ0n) is 13.3. The molecule has 6 heteroatoms. The van der Waals surface area contributed by atoms with Crippen LogP contribution in [0.4, 0.5) is 10.5 Å². The van der Waals surface area contributed by atoms with Crippen molar-refractivity contribution in [3.63, 3.8) is 0 Å². The van der Waals surface area contributed by atoms with Gasteiger partial charge in [-0.2, -0.15) is 0 Å². The molecule has 0 bridgehead atoms. The van der Waals surface area contributed by atoms with E-state index in [9.17, 15) is 4.79 Å². The Bertz CT molecular complexity index is 835.